The van der Waals surface area contributed by atoms with Crippen LogP contribution >= 0.6 is 0 Å². The first kappa shape index (κ1) is 29.1. The Morgan fingerprint density at radius 2 is 1.85 bits per heavy atom. The number of carbonyl (C=O) groups excluding carboxylic acids is 2. The van der Waals surface area contributed by atoms with Crippen molar-refractivity contribution in [3.63, 3.8) is 0 Å². The lowest BCUT2D eigenvalue weighted by molar-refractivity contribution is -0.140. The maximum Gasteiger partial charge on any atom is 0.295 e. The number of carbonyl (C=O) groups is 2. The van der Waals surface area contributed by atoms with Gasteiger partial charge in [0.2, 0.25) is 0 Å². The van der Waals surface area contributed by atoms with E-state index in [1.165, 1.54) is 4.90 Å². The van der Waals surface area contributed by atoms with Crippen molar-refractivity contribution in [1.29, 1.82) is 0 Å². The Bertz CT molecular complexity index is 1420. The largest absolute Gasteiger partial charge is 0.505 e. The fraction of sp³-hybridized carbons (Fsp3) is 0.452. The number of pyridine rings is 1. The molecule has 0 saturated carbocycles. The number of ketones is 1. The summed E-state index contributed by atoms with van der Waals surface area (Å²) in [5, 5.41) is 11.6. The van der Waals surface area contributed by atoms with E-state index < -0.39 is 17.7 Å². The van der Waals surface area contributed by atoms with Gasteiger partial charge in [-0.1, -0.05) is 31.9 Å². The van der Waals surface area contributed by atoms with Crippen molar-refractivity contribution in [3.8, 4) is 11.5 Å². The van der Waals surface area contributed by atoms with Crippen molar-refractivity contribution < 1.29 is 24.2 Å². The van der Waals surface area contributed by atoms with E-state index in [1.807, 2.05) is 80.7 Å². The highest BCUT2D eigenvalue weighted by atomic mass is 16.5. The van der Waals surface area contributed by atoms with Crippen LogP contribution in [0.15, 0.2) is 42.1 Å². The van der Waals surface area contributed by atoms with Gasteiger partial charge in [0.1, 0.15) is 11.3 Å². The van der Waals surface area contributed by atoms with Crippen molar-refractivity contribution in [2.24, 2.45) is 0 Å². The van der Waals surface area contributed by atoms with Crippen LogP contribution in [-0.2, 0) is 9.59 Å². The van der Waals surface area contributed by atoms with Gasteiger partial charge in [0.25, 0.3) is 11.7 Å². The summed E-state index contributed by atoms with van der Waals surface area (Å²) in [5.41, 5.74) is 3.26. The molecule has 3 aromatic rings. The molecule has 1 saturated heterocycles. The summed E-state index contributed by atoms with van der Waals surface area (Å²) < 4.78 is 13.8. The van der Waals surface area contributed by atoms with Crippen LogP contribution in [0.2, 0.25) is 0 Å². The lowest BCUT2D eigenvalue weighted by atomic mass is 9.96. The average molecular weight is 549 g/mol. The molecule has 1 aliphatic rings. The molecule has 40 heavy (non-hydrogen) atoms. The maximum absolute atomic E-state index is 13.5. The Labute approximate surface area is 236 Å². The SMILES string of the molecule is CCCCCOc1ccc(C2/C(=C(\O)c3nc4c(C)cccn4c3C)C(=O)C(=O)N2CCN(C)C)cc1OCC. The number of benzene rings is 1. The van der Waals surface area contributed by atoms with Crippen LogP contribution in [0.3, 0.4) is 0 Å². The third-order valence-corrected chi connectivity index (χ3v) is 7.23. The van der Waals surface area contributed by atoms with Crippen molar-refractivity contribution >= 4 is 23.1 Å². The lowest BCUT2D eigenvalue weighted by Crippen LogP contribution is -2.35. The zero-order valence-electron chi connectivity index (χ0n) is 24.4. The molecular formula is C31H40N4O5. The molecule has 0 aliphatic carbocycles. The van der Waals surface area contributed by atoms with Gasteiger partial charge >= 0.3 is 0 Å². The van der Waals surface area contributed by atoms with E-state index in [-0.39, 0.29) is 17.0 Å². The van der Waals surface area contributed by atoms with Crippen LogP contribution in [-0.4, -0.2) is 76.4 Å². The smallest absolute Gasteiger partial charge is 0.295 e. The number of amides is 1. The van der Waals surface area contributed by atoms with Crippen molar-refractivity contribution in [3.05, 3.63) is 64.6 Å². The van der Waals surface area contributed by atoms with Crippen molar-refractivity contribution in [1.82, 2.24) is 19.2 Å². The van der Waals surface area contributed by atoms with Crippen molar-refractivity contribution in [2.45, 2.75) is 53.0 Å². The molecule has 9 heteroatoms. The van der Waals surface area contributed by atoms with Crippen LogP contribution in [0.25, 0.3) is 11.4 Å². The molecule has 1 amide bonds. The van der Waals surface area contributed by atoms with Gasteiger partial charge in [-0.15, -0.1) is 0 Å². The number of hydrogen-bond acceptors (Lipinski definition) is 7. The molecule has 1 aromatic carbocycles. The molecule has 0 bridgehead atoms. The van der Waals surface area contributed by atoms with E-state index in [2.05, 4.69) is 11.9 Å². The summed E-state index contributed by atoms with van der Waals surface area (Å²) in [6.45, 7) is 9.66. The molecule has 0 radical (unpaired) electrons. The number of likely N-dealkylation sites (tertiary alicyclic amines) is 1. The zero-order chi connectivity index (χ0) is 29.0. The number of aromatic nitrogens is 2. The van der Waals surface area contributed by atoms with E-state index in [9.17, 15) is 14.7 Å². The van der Waals surface area contributed by atoms with Crippen LogP contribution in [0.4, 0.5) is 0 Å². The van der Waals surface area contributed by atoms with Gasteiger partial charge < -0.3 is 28.8 Å². The number of unbranched alkanes of at least 4 members (excludes halogenated alkanes) is 2. The monoisotopic (exact) mass is 548 g/mol. The number of ether oxygens (including phenoxy) is 2. The number of aliphatic hydroxyl groups excluding tert-OH is 1. The van der Waals surface area contributed by atoms with E-state index in [0.717, 1.165) is 24.8 Å². The highest BCUT2D eigenvalue weighted by Gasteiger charge is 2.46. The summed E-state index contributed by atoms with van der Waals surface area (Å²) in [6, 6.07) is 8.50. The first-order chi connectivity index (χ1) is 19.2. The molecule has 1 fully saturated rings. The molecule has 4 rings (SSSR count). The minimum Gasteiger partial charge on any atom is -0.505 e. The second kappa shape index (κ2) is 12.6. The number of Topliss-reactive ketones (excluding diaryl/α,β-unsaturated/α-hetero) is 1. The lowest BCUT2D eigenvalue weighted by Gasteiger charge is -2.27. The molecular weight excluding hydrogens is 508 g/mol. The van der Waals surface area contributed by atoms with Crippen LogP contribution in [0.1, 0.15) is 61.7 Å². The molecule has 1 N–H and O–H groups in total. The zero-order valence-corrected chi connectivity index (χ0v) is 24.4. The highest BCUT2D eigenvalue weighted by molar-refractivity contribution is 6.46. The minimum atomic E-state index is -0.807. The third kappa shape index (κ3) is 5.70. The number of fused-ring (bicyclic) bond motifs is 1. The van der Waals surface area contributed by atoms with E-state index in [0.29, 0.717) is 54.7 Å². The number of likely N-dealkylation sites (N-methyl/N-ethyl adjacent to an activating group) is 1. The molecule has 1 aliphatic heterocycles. The summed E-state index contributed by atoms with van der Waals surface area (Å²) in [5.74, 6) is -0.516. The quantitative estimate of drug-likeness (QED) is 0.149. The van der Waals surface area contributed by atoms with Gasteiger partial charge in [-0.3, -0.25) is 9.59 Å². The molecule has 2 aromatic heterocycles. The number of aryl methyl sites for hydroxylation is 2. The van der Waals surface area contributed by atoms with Crippen LogP contribution in [0.5, 0.6) is 11.5 Å². The third-order valence-electron chi connectivity index (χ3n) is 7.23. The summed E-state index contributed by atoms with van der Waals surface area (Å²) in [7, 11) is 3.82. The number of aliphatic hydroxyl groups is 1. The van der Waals surface area contributed by atoms with E-state index >= 15 is 0 Å². The number of nitrogens with zero attached hydrogens (tertiary/aromatic N) is 4. The van der Waals surface area contributed by atoms with Crippen LogP contribution < -0.4 is 9.47 Å². The topological polar surface area (TPSA) is 96.6 Å². The molecule has 1 atom stereocenters. The summed E-state index contributed by atoms with van der Waals surface area (Å²) >= 11 is 0. The van der Waals surface area contributed by atoms with Gasteiger partial charge in [0.05, 0.1) is 30.5 Å². The summed E-state index contributed by atoms with van der Waals surface area (Å²) in [4.78, 5) is 35.0. The number of hydrogen-bond donors (Lipinski definition) is 1. The van der Waals surface area contributed by atoms with E-state index in [4.69, 9.17) is 9.47 Å². The first-order valence-electron chi connectivity index (χ1n) is 14.0. The Kier molecular flexibility index (Phi) is 9.14. The molecule has 0 spiro atoms. The first-order valence-corrected chi connectivity index (χ1v) is 14.0. The standard InChI is InChI=1S/C31H40N4O5/c1-7-9-10-18-40-23-14-13-22(19-24(23)39-8-2)27-25(29(37)31(38)35(27)17-16-33(5)6)28(36)26-21(4)34-15-11-12-20(3)30(34)32-26/h11-15,19,27,36H,7-10,16-18H2,1-6H3/b28-25+. The highest BCUT2D eigenvalue weighted by Crippen LogP contribution is 2.42. The minimum absolute atomic E-state index is 0.0203. The van der Waals surface area contributed by atoms with Gasteiger partial charge in [0.15, 0.2) is 17.3 Å². The molecule has 3 heterocycles. The Morgan fingerprint density at radius 3 is 2.52 bits per heavy atom. The van der Waals surface area contributed by atoms with Gasteiger partial charge in [-0.2, -0.15) is 0 Å². The Balaban J connectivity index is 1.85. The average Bonchev–Trinajstić information content (AvgIpc) is 3.40. The van der Waals surface area contributed by atoms with Crippen LogP contribution in [0, 0.1) is 13.8 Å². The fourth-order valence-electron chi connectivity index (χ4n) is 5.06. The molecule has 214 valence electrons. The Morgan fingerprint density at radius 1 is 1.07 bits per heavy atom. The second-order valence-corrected chi connectivity index (χ2v) is 10.4. The summed E-state index contributed by atoms with van der Waals surface area (Å²) in [6.07, 6.45) is 4.97. The number of imidazole rings is 1. The normalized spacial score (nSPS) is 16.9. The number of rotatable bonds is 12. The predicted molar refractivity (Wildman–Crippen MR) is 155 cm³/mol. The van der Waals surface area contributed by atoms with Gasteiger partial charge in [0, 0.05) is 19.3 Å². The molecule has 9 nitrogen and oxygen atoms in total. The maximum atomic E-state index is 13.5. The molecule has 1 unspecified atom stereocenters. The van der Waals surface area contributed by atoms with Crippen molar-refractivity contribution in [2.75, 3.05) is 40.4 Å². The second-order valence-electron chi connectivity index (χ2n) is 10.4. The van der Waals surface area contributed by atoms with E-state index in [1.54, 1.807) is 0 Å². The Hall–Kier alpha value is -3.85. The predicted octanol–water partition coefficient (Wildman–Crippen LogP) is 4.90. The van der Waals surface area contributed by atoms with Gasteiger partial charge in [-0.25, -0.2) is 4.98 Å². The fourth-order valence-corrected chi connectivity index (χ4v) is 5.06. The van der Waals surface area contributed by atoms with Gasteiger partial charge in [-0.05, 0) is 70.6 Å².